The average Bonchev–Trinajstić information content (AvgIpc) is 2.68. The molecule has 0 aliphatic heterocycles. The summed E-state index contributed by atoms with van der Waals surface area (Å²) in [6.45, 7) is 2.54. The van der Waals surface area contributed by atoms with E-state index in [4.69, 9.17) is 4.74 Å². The molecule has 0 aromatic heterocycles. The molecule has 0 spiro atoms. The molecule has 3 nitrogen and oxygen atoms in total. The Hall–Kier alpha value is -1.88. The molecule has 3 rings (SSSR count). The second kappa shape index (κ2) is 10.2. The number of benzene rings is 2. The van der Waals surface area contributed by atoms with Gasteiger partial charge in [0.2, 0.25) is 0 Å². The van der Waals surface area contributed by atoms with Gasteiger partial charge in [-0.3, -0.25) is 0 Å². The normalized spacial score (nSPS) is 14.2. The van der Waals surface area contributed by atoms with Gasteiger partial charge < -0.3 is 14.5 Å². The number of hydrogen-bond acceptors (Lipinski definition) is 3. The van der Waals surface area contributed by atoms with Gasteiger partial charge in [-0.15, -0.1) is 0 Å². The van der Waals surface area contributed by atoms with Gasteiger partial charge >= 0.3 is 0 Å². The van der Waals surface area contributed by atoms with Gasteiger partial charge in [-0.1, -0.05) is 52.3 Å². The van der Waals surface area contributed by atoms with Crippen LogP contribution in [0.4, 0.5) is 0 Å². The second-order valence-corrected chi connectivity index (χ2v) is 8.89. The van der Waals surface area contributed by atoms with Crippen molar-refractivity contribution in [3.05, 3.63) is 70.2 Å². The minimum Gasteiger partial charge on any atom is -0.492 e. The fraction of sp³-hybridized carbons (Fsp3) is 0.360. The lowest BCUT2D eigenvalue weighted by molar-refractivity contribution is 0.261. The van der Waals surface area contributed by atoms with E-state index in [0.717, 1.165) is 36.2 Å². The van der Waals surface area contributed by atoms with Gasteiger partial charge in [0.15, 0.2) is 0 Å². The molecule has 0 radical (unpaired) electrons. The number of nitrogens with zero attached hydrogens (tertiary/aromatic N) is 2. The van der Waals surface area contributed by atoms with Crippen molar-refractivity contribution in [2.45, 2.75) is 12.8 Å². The molecule has 29 heavy (non-hydrogen) atoms. The highest BCUT2D eigenvalue weighted by Crippen LogP contribution is 2.38. The molecular weight excluding hydrogens is 424 g/mol. The van der Waals surface area contributed by atoms with Crippen molar-refractivity contribution in [1.29, 1.82) is 0 Å². The quantitative estimate of drug-likeness (QED) is 0.506. The van der Waals surface area contributed by atoms with Gasteiger partial charge in [0.25, 0.3) is 0 Å². The minimum atomic E-state index is 0.675. The van der Waals surface area contributed by atoms with Crippen LogP contribution in [0.15, 0.2) is 64.7 Å². The number of likely N-dealkylation sites (N-methyl/N-ethyl adjacent to an activating group) is 2. The Balaban J connectivity index is 2.07. The van der Waals surface area contributed by atoms with E-state index >= 15 is 0 Å². The molecule has 0 heterocycles. The number of allylic oxidation sites excluding steroid dienone is 3. The van der Waals surface area contributed by atoms with E-state index in [1.807, 2.05) is 0 Å². The van der Waals surface area contributed by atoms with Crippen molar-refractivity contribution < 1.29 is 4.74 Å². The molecular formula is C25H31BrN2O. The van der Waals surface area contributed by atoms with Gasteiger partial charge in [0.05, 0.1) is 0 Å². The largest absolute Gasteiger partial charge is 0.492 e. The van der Waals surface area contributed by atoms with Crippen LogP contribution >= 0.6 is 15.9 Å². The average molecular weight is 455 g/mol. The third-order valence-corrected chi connectivity index (χ3v) is 5.73. The van der Waals surface area contributed by atoms with E-state index < -0.39 is 0 Å². The molecule has 0 N–H and O–H groups in total. The molecule has 154 valence electrons. The van der Waals surface area contributed by atoms with Crippen LogP contribution in [0.5, 0.6) is 5.75 Å². The minimum absolute atomic E-state index is 0.675. The van der Waals surface area contributed by atoms with E-state index in [1.165, 1.54) is 27.8 Å². The monoisotopic (exact) mass is 454 g/mol. The van der Waals surface area contributed by atoms with Crippen LogP contribution < -0.4 is 4.74 Å². The van der Waals surface area contributed by atoms with Crippen molar-refractivity contribution in [1.82, 2.24) is 9.80 Å². The van der Waals surface area contributed by atoms with Crippen LogP contribution in [-0.2, 0) is 0 Å². The summed E-state index contributed by atoms with van der Waals surface area (Å²) in [4.78, 5) is 4.39. The first-order chi connectivity index (χ1) is 14.0. The molecule has 2 aromatic carbocycles. The lowest BCUT2D eigenvalue weighted by atomic mass is 9.89. The van der Waals surface area contributed by atoms with Gasteiger partial charge in [-0.05, 0) is 81.5 Å². The van der Waals surface area contributed by atoms with Crippen LogP contribution in [0.3, 0.4) is 0 Å². The summed E-state index contributed by atoms with van der Waals surface area (Å²) >= 11 is 3.71. The van der Waals surface area contributed by atoms with Crippen LogP contribution in [-0.4, -0.2) is 57.7 Å². The molecule has 0 bridgehead atoms. The Morgan fingerprint density at radius 1 is 0.966 bits per heavy atom. The third kappa shape index (κ3) is 5.81. The summed E-state index contributed by atoms with van der Waals surface area (Å²) in [5.74, 6) is 0.959. The molecule has 0 atom stereocenters. The van der Waals surface area contributed by atoms with Crippen molar-refractivity contribution in [3.8, 4) is 16.9 Å². The van der Waals surface area contributed by atoms with Gasteiger partial charge in [-0.25, -0.2) is 0 Å². The Labute approximate surface area is 183 Å². The second-order valence-electron chi connectivity index (χ2n) is 8.04. The van der Waals surface area contributed by atoms with Crippen LogP contribution in [0.25, 0.3) is 16.7 Å². The lowest BCUT2D eigenvalue weighted by Crippen LogP contribution is -2.20. The molecule has 0 unspecified atom stereocenters. The molecule has 0 saturated heterocycles. The molecule has 4 heteroatoms. The highest BCUT2D eigenvalue weighted by Gasteiger charge is 2.17. The van der Waals surface area contributed by atoms with E-state index in [1.54, 1.807) is 0 Å². The third-order valence-electron chi connectivity index (χ3n) is 5.04. The van der Waals surface area contributed by atoms with Gasteiger partial charge in [0, 0.05) is 23.1 Å². The van der Waals surface area contributed by atoms with E-state index in [-0.39, 0.29) is 0 Å². The SMILES string of the molecule is CN(C)CCOc1ccc(-c2ccccc2Br)cc1C1=C(CN(C)C)CCC=C1. The van der Waals surface area contributed by atoms with Crippen LogP contribution in [0.1, 0.15) is 18.4 Å². The zero-order valence-corrected chi connectivity index (χ0v) is 19.5. The first-order valence-electron chi connectivity index (χ1n) is 10.2. The molecule has 0 fully saturated rings. The smallest absolute Gasteiger partial charge is 0.127 e. The Morgan fingerprint density at radius 3 is 2.48 bits per heavy atom. The highest BCUT2D eigenvalue weighted by atomic mass is 79.9. The maximum atomic E-state index is 6.24. The van der Waals surface area contributed by atoms with Gasteiger partial charge in [0.1, 0.15) is 12.4 Å². The van der Waals surface area contributed by atoms with E-state index in [9.17, 15) is 0 Å². The van der Waals surface area contributed by atoms with Crippen molar-refractivity contribution in [2.24, 2.45) is 0 Å². The first kappa shape index (κ1) is 21.8. The summed E-state index contributed by atoms with van der Waals surface area (Å²) < 4.78 is 7.35. The zero-order valence-electron chi connectivity index (χ0n) is 17.9. The van der Waals surface area contributed by atoms with E-state index in [0.29, 0.717) is 6.61 Å². The summed E-state index contributed by atoms with van der Waals surface area (Å²) in [7, 11) is 8.41. The number of rotatable bonds is 8. The zero-order chi connectivity index (χ0) is 20.8. The highest BCUT2D eigenvalue weighted by molar-refractivity contribution is 9.10. The Bertz CT molecular complexity index is 899. The maximum Gasteiger partial charge on any atom is 0.127 e. The number of halogens is 1. The fourth-order valence-electron chi connectivity index (χ4n) is 3.60. The molecule has 1 aliphatic carbocycles. The van der Waals surface area contributed by atoms with Crippen LogP contribution in [0.2, 0.25) is 0 Å². The summed E-state index contributed by atoms with van der Waals surface area (Å²) in [6.07, 6.45) is 6.76. The van der Waals surface area contributed by atoms with E-state index in [2.05, 4.69) is 109 Å². The molecule has 1 aliphatic rings. The Morgan fingerprint density at radius 2 is 1.76 bits per heavy atom. The van der Waals surface area contributed by atoms with Crippen molar-refractivity contribution >= 4 is 21.5 Å². The molecule has 0 amide bonds. The van der Waals surface area contributed by atoms with Gasteiger partial charge in [-0.2, -0.15) is 0 Å². The molecule has 2 aromatic rings. The number of ether oxygens (including phenoxy) is 1. The maximum absolute atomic E-state index is 6.24. The predicted octanol–water partition coefficient (Wildman–Crippen LogP) is 5.72. The topological polar surface area (TPSA) is 15.7 Å². The van der Waals surface area contributed by atoms with Crippen molar-refractivity contribution in [2.75, 3.05) is 47.9 Å². The van der Waals surface area contributed by atoms with Crippen molar-refractivity contribution in [3.63, 3.8) is 0 Å². The molecule has 0 saturated carbocycles. The predicted molar refractivity (Wildman–Crippen MR) is 127 cm³/mol. The lowest BCUT2D eigenvalue weighted by Gasteiger charge is -2.22. The Kier molecular flexibility index (Phi) is 7.70. The van der Waals surface area contributed by atoms with Crippen LogP contribution in [0, 0.1) is 0 Å². The standard InChI is InChI=1S/C25H31BrN2O/c1-27(2)15-16-29-25-14-13-19(22-11-7-8-12-24(22)26)17-23(25)21-10-6-5-9-20(21)18-28(3)4/h6-8,10-14,17H,5,9,15-16,18H2,1-4H3. The fourth-order valence-corrected chi connectivity index (χ4v) is 4.12. The number of hydrogen-bond donors (Lipinski definition) is 0. The summed E-state index contributed by atoms with van der Waals surface area (Å²) in [5, 5.41) is 0. The summed E-state index contributed by atoms with van der Waals surface area (Å²) in [5.41, 5.74) is 6.36. The summed E-state index contributed by atoms with van der Waals surface area (Å²) in [6, 6.07) is 14.9. The first-order valence-corrected chi connectivity index (χ1v) is 10.9.